The van der Waals surface area contributed by atoms with E-state index >= 15 is 0 Å². The lowest BCUT2D eigenvalue weighted by Crippen LogP contribution is -2.19. The van der Waals surface area contributed by atoms with Crippen LogP contribution in [0.25, 0.3) is 0 Å². The van der Waals surface area contributed by atoms with Crippen LogP contribution in [-0.4, -0.2) is 10.9 Å². The Bertz CT molecular complexity index is 671. The highest BCUT2D eigenvalue weighted by molar-refractivity contribution is 9.10. The van der Waals surface area contributed by atoms with Crippen LogP contribution < -0.4 is 11.1 Å². The molecule has 0 radical (unpaired) electrons. The lowest BCUT2D eigenvalue weighted by Gasteiger charge is -2.06. The van der Waals surface area contributed by atoms with Crippen molar-refractivity contribution in [3.63, 3.8) is 0 Å². The average Bonchev–Trinajstić information content (AvgIpc) is 2.87. The summed E-state index contributed by atoms with van der Waals surface area (Å²) >= 11 is 4.86. The van der Waals surface area contributed by atoms with E-state index in [1.807, 2.05) is 19.1 Å². The number of hydrogen-bond donors (Lipinski definition) is 2. The molecule has 1 aliphatic rings. The van der Waals surface area contributed by atoms with Crippen LogP contribution in [0.15, 0.2) is 37.4 Å². The van der Waals surface area contributed by atoms with Crippen molar-refractivity contribution >= 4 is 39.3 Å². The number of benzene rings is 1. The number of carbonyl (C=O) groups excluding carboxylic acids is 1. The first-order chi connectivity index (χ1) is 9.04. The summed E-state index contributed by atoms with van der Waals surface area (Å²) in [6.07, 6.45) is 1.60. The number of rotatable bonds is 2. The summed E-state index contributed by atoms with van der Waals surface area (Å²) in [5, 5.41) is 3.32. The average molecular weight is 340 g/mol. The number of fused-ring (bicyclic) bond motifs is 1. The standard InChI is InChI=1S/C12H10BrN3O2S/c1-5-4-18-12(15-5)19-9-3-8-6(2-7(9)13)10(14)11(17)16-8/h2-4,10H,14H2,1H3,(H,16,17). The second-order valence-electron chi connectivity index (χ2n) is 4.19. The lowest BCUT2D eigenvalue weighted by molar-refractivity contribution is -0.116. The third-order valence-electron chi connectivity index (χ3n) is 2.77. The van der Waals surface area contributed by atoms with Crippen LogP contribution in [0.1, 0.15) is 17.3 Å². The number of halogens is 1. The molecule has 0 spiro atoms. The molecular formula is C12H10BrN3O2S. The summed E-state index contributed by atoms with van der Waals surface area (Å²) in [4.78, 5) is 16.7. The summed E-state index contributed by atoms with van der Waals surface area (Å²) in [7, 11) is 0. The van der Waals surface area contributed by atoms with Crippen LogP contribution in [0.3, 0.4) is 0 Å². The molecule has 7 heteroatoms. The van der Waals surface area contributed by atoms with Crippen LogP contribution >= 0.6 is 27.7 Å². The van der Waals surface area contributed by atoms with Gasteiger partial charge in [0, 0.05) is 20.6 Å². The minimum absolute atomic E-state index is 0.184. The molecule has 3 rings (SSSR count). The van der Waals surface area contributed by atoms with E-state index in [1.54, 1.807) is 6.26 Å². The Labute approximate surface area is 122 Å². The van der Waals surface area contributed by atoms with E-state index in [4.69, 9.17) is 10.2 Å². The van der Waals surface area contributed by atoms with Crippen LogP contribution in [0, 0.1) is 6.92 Å². The zero-order valence-electron chi connectivity index (χ0n) is 9.94. The SMILES string of the molecule is Cc1coc(Sc2cc3c(cc2Br)C(N)C(=O)N3)n1. The third kappa shape index (κ3) is 2.29. The first-order valence-electron chi connectivity index (χ1n) is 5.54. The van der Waals surface area contributed by atoms with Crippen molar-refractivity contribution in [3.05, 3.63) is 34.1 Å². The number of nitrogens with one attached hydrogen (secondary N) is 1. The maximum Gasteiger partial charge on any atom is 0.260 e. The van der Waals surface area contributed by atoms with Crippen molar-refractivity contribution in [1.82, 2.24) is 4.98 Å². The fourth-order valence-electron chi connectivity index (χ4n) is 1.84. The largest absolute Gasteiger partial charge is 0.439 e. The Morgan fingerprint density at radius 3 is 3.00 bits per heavy atom. The number of carbonyl (C=O) groups is 1. The lowest BCUT2D eigenvalue weighted by atomic mass is 10.1. The zero-order valence-corrected chi connectivity index (χ0v) is 12.3. The number of anilines is 1. The number of amides is 1. The summed E-state index contributed by atoms with van der Waals surface area (Å²) in [5.74, 6) is -0.184. The number of oxazole rings is 1. The fourth-order valence-corrected chi connectivity index (χ4v) is 3.25. The fraction of sp³-hybridized carbons (Fsp3) is 0.167. The molecule has 2 heterocycles. The van der Waals surface area contributed by atoms with E-state index in [9.17, 15) is 4.79 Å². The molecular weight excluding hydrogens is 330 g/mol. The van der Waals surface area contributed by atoms with E-state index in [0.29, 0.717) is 5.22 Å². The Kier molecular flexibility index (Phi) is 3.12. The van der Waals surface area contributed by atoms with Crippen molar-refractivity contribution in [1.29, 1.82) is 0 Å². The van der Waals surface area contributed by atoms with Crippen molar-refractivity contribution in [2.75, 3.05) is 5.32 Å². The number of aromatic nitrogens is 1. The molecule has 0 saturated carbocycles. The number of aryl methyl sites for hydroxylation is 1. The molecule has 19 heavy (non-hydrogen) atoms. The summed E-state index contributed by atoms with van der Waals surface area (Å²) in [6.45, 7) is 1.87. The van der Waals surface area contributed by atoms with Gasteiger partial charge in [0.05, 0.1) is 5.69 Å². The molecule has 3 N–H and O–H groups in total. The van der Waals surface area contributed by atoms with Gasteiger partial charge in [-0.3, -0.25) is 4.79 Å². The molecule has 0 saturated heterocycles. The van der Waals surface area contributed by atoms with Gasteiger partial charge < -0.3 is 15.5 Å². The van der Waals surface area contributed by atoms with Gasteiger partial charge in [0.15, 0.2) is 0 Å². The Hall–Kier alpha value is -1.31. The Balaban J connectivity index is 1.96. The monoisotopic (exact) mass is 339 g/mol. The van der Waals surface area contributed by atoms with Gasteiger partial charge in [-0.2, -0.15) is 0 Å². The van der Waals surface area contributed by atoms with E-state index in [2.05, 4.69) is 26.2 Å². The summed E-state index contributed by atoms with van der Waals surface area (Å²) in [6, 6.07) is 3.12. The topological polar surface area (TPSA) is 81.1 Å². The molecule has 1 aliphatic heterocycles. The maximum atomic E-state index is 11.5. The van der Waals surface area contributed by atoms with Crippen molar-refractivity contribution < 1.29 is 9.21 Å². The molecule has 1 aromatic heterocycles. The summed E-state index contributed by atoms with van der Waals surface area (Å²) in [5.41, 5.74) is 8.16. The predicted octanol–water partition coefficient (Wildman–Crippen LogP) is 2.85. The molecule has 1 amide bonds. The predicted molar refractivity (Wildman–Crippen MR) is 75.1 cm³/mol. The van der Waals surface area contributed by atoms with E-state index in [0.717, 1.165) is 26.3 Å². The molecule has 0 bridgehead atoms. The van der Waals surface area contributed by atoms with E-state index in [1.165, 1.54) is 11.8 Å². The van der Waals surface area contributed by atoms with E-state index < -0.39 is 6.04 Å². The van der Waals surface area contributed by atoms with Gasteiger partial charge in [-0.15, -0.1) is 0 Å². The minimum atomic E-state index is -0.602. The summed E-state index contributed by atoms with van der Waals surface area (Å²) < 4.78 is 6.16. The normalized spacial score (nSPS) is 17.4. The molecule has 0 fully saturated rings. The molecule has 1 aromatic carbocycles. The van der Waals surface area contributed by atoms with Crippen molar-refractivity contribution in [2.24, 2.45) is 5.73 Å². The van der Waals surface area contributed by atoms with Gasteiger partial charge in [-0.05, 0) is 46.7 Å². The smallest absolute Gasteiger partial charge is 0.260 e. The Morgan fingerprint density at radius 1 is 1.53 bits per heavy atom. The zero-order chi connectivity index (χ0) is 13.6. The number of nitrogens with two attached hydrogens (primary N) is 1. The molecule has 0 aliphatic carbocycles. The molecule has 1 unspecified atom stereocenters. The number of nitrogens with zero attached hydrogens (tertiary/aromatic N) is 1. The maximum absolute atomic E-state index is 11.5. The molecule has 5 nitrogen and oxygen atoms in total. The van der Waals surface area contributed by atoms with Crippen LogP contribution in [0.4, 0.5) is 5.69 Å². The van der Waals surface area contributed by atoms with Crippen LogP contribution in [-0.2, 0) is 4.79 Å². The highest BCUT2D eigenvalue weighted by Crippen LogP contribution is 2.40. The Morgan fingerprint density at radius 2 is 2.32 bits per heavy atom. The first kappa shape index (κ1) is 12.7. The highest BCUT2D eigenvalue weighted by atomic mass is 79.9. The van der Waals surface area contributed by atoms with Crippen molar-refractivity contribution in [3.8, 4) is 0 Å². The number of hydrogen-bond acceptors (Lipinski definition) is 5. The van der Waals surface area contributed by atoms with Gasteiger partial charge in [0.25, 0.3) is 5.22 Å². The van der Waals surface area contributed by atoms with Gasteiger partial charge in [-0.1, -0.05) is 0 Å². The molecule has 2 aromatic rings. The van der Waals surface area contributed by atoms with Gasteiger partial charge >= 0.3 is 0 Å². The minimum Gasteiger partial charge on any atom is -0.439 e. The van der Waals surface area contributed by atoms with E-state index in [-0.39, 0.29) is 5.91 Å². The first-order valence-corrected chi connectivity index (χ1v) is 7.15. The van der Waals surface area contributed by atoms with Gasteiger partial charge in [0.1, 0.15) is 12.3 Å². The van der Waals surface area contributed by atoms with Crippen LogP contribution in [0.5, 0.6) is 0 Å². The quantitative estimate of drug-likeness (QED) is 0.879. The second kappa shape index (κ2) is 4.66. The second-order valence-corrected chi connectivity index (χ2v) is 6.04. The molecule has 98 valence electrons. The highest BCUT2D eigenvalue weighted by Gasteiger charge is 2.28. The van der Waals surface area contributed by atoms with Crippen LogP contribution in [0.2, 0.25) is 0 Å². The third-order valence-corrected chi connectivity index (χ3v) is 4.61. The van der Waals surface area contributed by atoms with Gasteiger partial charge in [0.2, 0.25) is 5.91 Å². The van der Waals surface area contributed by atoms with Gasteiger partial charge in [-0.25, -0.2) is 4.98 Å². The van der Waals surface area contributed by atoms with Crippen molar-refractivity contribution in [2.45, 2.75) is 23.1 Å². The molecule has 1 atom stereocenters.